The van der Waals surface area contributed by atoms with Crippen LogP contribution in [-0.2, 0) is 4.79 Å². The van der Waals surface area contributed by atoms with E-state index in [1.807, 2.05) is 36.4 Å². The zero-order valence-electron chi connectivity index (χ0n) is 15.0. The molecule has 0 atom stereocenters. The molecule has 1 amide bonds. The van der Waals surface area contributed by atoms with Gasteiger partial charge in [-0.1, -0.05) is 24.3 Å². The molecule has 1 N–H and O–H groups in total. The van der Waals surface area contributed by atoms with Crippen molar-refractivity contribution in [1.82, 2.24) is 4.90 Å². The van der Waals surface area contributed by atoms with Crippen LogP contribution in [0.25, 0.3) is 6.08 Å². The van der Waals surface area contributed by atoms with Crippen LogP contribution in [0.5, 0.6) is 5.75 Å². The fraction of sp³-hybridized carbons (Fsp3) is 0.200. The molecule has 28 heavy (non-hydrogen) atoms. The Kier molecular flexibility index (Phi) is 5.56. The molecule has 3 rings (SSSR count). The Labute approximate surface area is 161 Å². The molecule has 0 bridgehead atoms. The number of hydrogen-bond donors (Lipinski definition) is 1. The number of phenols is 1. The second-order valence-electron chi connectivity index (χ2n) is 6.29. The number of amides is 1. The average Bonchev–Trinajstić information content (AvgIpc) is 2.73. The second-order valence-corrected chi connectivity index (χ2v) is 6.29. The van der Waals surface area contributed by atoms with E-state index < -0.39 is 22.3 Å². The van der Waals surface area contributed by atoms with Gasteiger partial charge >= 0.3 is 5.69 Å². The maximum atomic E-state index is 12.7. The summed E-state index contributed by atoms with van der Waals surface area (Å²) >= 11 is 0. The Hall–Kier alpha value is -3.86. The third-order valence-corrected chi connectivity index (χ3v) is 4.55. The number of aromatic hydroxyl groups is 1. The average molecular weight is 378 g/mol. The van der Waals surface area contributed by atoms with E-state index >= 15 is 0 Å². The number of nitro groups is 1. The molecule has 8 nitrogen and oxygen atoms in total. The molecule has 1 aliphatic heterocycles. The largest absolute Gasteiger partial charge is 0.502 e. The van der Waals surface area contributed by atoms with Crippen molar-refractivity contribution in [2.45, 2.75) is 0 Å². The van der Waals surface area contributed by atoms with Gasteiger partial charge in [-0.3, -0.25) is 14.9 Å². The predicted octanol–water partition coefficient (Wildman–Crippen LogP) is 2.56. The summed E-state index contributed by atoms with van der Waals surface area (Å²) in [6.45, 7) is 2.25. The first-order valence-corrected chi connectivity index (χ1v) is 8.68. The maximum absolute atomic E-state index is 12.7. The molecule has 1 aliphatic rings. The number of para-hydroxylation sites is 1. The minimum atomic E-state index is -0.719. The van der Waals surface area contributed by atoms with Gasteiger partial charge in [0, 0.05) is 37.9 Å². The number of rotatable bonds is 4. The summed E-state index contributed by atoms with van der Waals surface area (Å²) in [7, 11) is 0. The number of benzene rings is 2. The lowest BCUT2D eigenvalue weighted by atomic mass is 10.1. The lowest BCUT2D eigenvalue weighted by Gasteiger charge is -2.36. The smallest absolute Gasteiger partial charge is 0.311 e. The van der Waals surface area contributed by atoms with E-state index in [9.17, 15) is 25.3 Å². The molecule has 1 heterocycles. The quantitative estimate of drug-likeness (QED) is 0.379. The van der Waals surface area contributed by atoms with Crippen molar-refractivity contribution in [3.63, 3.8) is 0 Å². The van der Waals surface area contributed by atoms with E-state index in [0.717, 1.165) is 11.8 Å². The van der Waals surface area contributed by atoms with E-state index in [0.29, 0.717) is 31.7 Å². The van der Waals surface area contributed by atoms with Gasteiger partial charge in [-0.2, -0.15) is 5.26 Å². The number of nitro benzene ring substituents is 1. The monoisotopic (exact) mass is 378 g/mol. The molecule has 0 saturated carbocycles. The number of carbonyl (C=O) groups excluding carboxylic acids is 1. The minimum absolute atomic E-state index is 0.104. The van der Waals surface area contributed by atoms with Crippen molar-refractivity contribution in [3.8, 4) is 11.8 Å². The van der Waals surface area contributed by atoms with Gasteiger partial charge in [-0.05, 0) is 29.8 Å². The van der Waals surface area contributed by atoms with Gasteiger partial charge in [-0.25, -0.2) is 0 Å². The highest BCUT2D eigenvalue weighted by atomic mass is 16.6. The Morgan fingerprint density at radius 2 is 1.82 bits per heavy atom. The minimum Gasteiger partial charge on any atom is -0.502 e. The molecule has 0 radical (unpaired) electrons. The molecule has 0 aliphatic carbocycles. The maximum Gasteiger partial charge on any atom is 0.311 e. The Morgan fingerprint density at radius 3 is 2.43 bits per heavy atom. The molecular formula is C20H18N4O4. The van der Waals surface area contributed by atoms with Gasteiger partial charge in [0.2, 0.25) is 0 Å². The first kappa shape index (κ1) is 18.9. The highest BCUT2D eigenvalue weighted by Gasteiger charge is 2.24. The highest BCUT2D eigenvalue weighted by molar-refractivity contribution is 6.01. The molecule has 2 aromatic carbocycles. The lowest BCUT2D eigenvalue weighted by molar-refractivity contribution is -0.385. The van der Waals surface area contributed by atoms with Crippen molar-refractivity contribution in [2.24, 2.45) is 0 Å². The summed E-state index contributed by atoms with van der Waals surface area (Å²) in [5.41, 5.74) is 0.808. The number of carbonyl (C=O) groups is 1. The standard InChI is InChI=1S/C20H18N4O4/c21-14-16(12-15-6-7-19(25)18(13-15)24(27)28)20(26)23-10-8-22(9-11-23)17-4-2-1-3-5-17/h1-7,12-13,25H,8-11H2/b16-12+. The van der Waals surface area contributed by atoms with Crippen molar-refractivity contribution >= 4 is 23.4 Å². The van der Waals surface area contributed by atoms with Crippen LogP contribution in [0.1, 0.15) is 5.56 Å². The molecule has 0 unspecified atom stereocenters. The number of piperazine rings is 1. The van der Waals surface area contributed by atoms with E-state index in [-0.39, 0.29) is 5.57 Å². The summed E-state index contributed by atoms with van der Waals surface area (Å²) in [4.78, 5) is 26.7. The van der Waals surface area contributed by atoms with Crippen molar-refractivity contribution in [2.75, 3.05) is 31.1 Å². The lowest BCUT2D eigenvalue weighted by Crippen LogP contribution is -2.49. The van der Waals surface area contributed by atoms with Crippen LogP contribution in [0, 0.1) is 21.4 Å². The fourth-order valence-corrected chi connectivity index (χ4v) is 3.06. The topological polar surface area (TPSA) is 111 Å². The van der Waals surface area contributed by atoms with Crippen LogP contribution < -0.4 is 4.90 Å². The van der Waals surface area contributed by atoms with Crippen LogP contribution in [0.15, 0.2) is 54.1 Å². The summed E-state index contributed by atoms with van der Waals surface area (Å²) < 4.78 is 0. The summed E-state index contributed by atoms with van der Waals surface area (Å²) in [6, 6.07) is 15.5. The molecule has 2 aromatic rings. The molecular weight excluding hydrogens is 360 g/mol. The number of anilines is 1. The Balaban J connectivity index is 1.72. The van der Waals surface area contributed by atoms with E-state index in [2.05, 4.69) is 4.90 Å². The van der Waals surface area contributed by atoms with Crippen molar-refractivity contribution in [3.05, 3.63) is 69.8 Å². The van der Waals surface area contributed by atoms with Crippen LogP contribution in [0.3, 0.4) is 0 Å². The van der Waals surface area contributed by atoms with Gasteiger partial charge in [0.15, 0.2) is 5.75 Å². The van der Waals surface area contributed by atoms with Crippen molar-refractivity contribution < 1.29 is 14.8 Å². The van der Waals surface area contributed by atoms with Crippen LogP contribution in [0.2, 0.25) is 0 Å². The third-order valence-electron chi connectivity index (χ3n) is 4.55. The van der Waals surface area contributed by atoms with Crippen LogP contribution >= 0.6 is 0 Å². The van der Waals surface area contributed by atoms with Gasteiger partial charge in [0.05, 0.1) is 4.92 Å². The first-order chi connectivity index (χ1) is 13.5. The summed E-state index contributed by atoms with van der Waals surface area (Å²) in [5.74, 6) is -0.880. The highest BCUT2D eigenvalue weighted by Crippen LogP contribution is 2.27. The SMILES string of the molecule is N#C/C(=C\c1ccc(O)c([N+](=O)[O-])c1)C(=O)N1CCN(c2ccccc2)CC1. The molecule has 0 aromatic heterocycles. The Bertz CT molecular complexity index is 958. The van der Waals surface area contributed by atoms with Crippen LogP contribution in [-0.4, -0.2) is 47.0 Å². The van der Waals surface area contributed by atoms with Gasteiger partial charge < -0.3 is 14.9 Å². The number of hydrogen-bond acceptors (Lipinski definition) is 6. The van der Waals surface area contributed by atoms with Gasteiger partial charge in [-0.15, -0.1) is 0 Å². The summed E-state index contributed by atoms with van der Waals surface area (Å²) in [6.07, 6.45) is 1.30. The number of nitrogens with zero attached hydrogens (tertiary/aromatic N) is 4. The van der Waals surface area contributed by atoms with E-state index in [1.54, 1.807) is 4.90 Å². The van der Waals surface area contributed by atoms with E-state index in [4.69, 9.17) is 0 Å². The second kappa shape index (κ2) is 8.22. The third kappa shape index (κ3) is 4.10. The fourth-order valence-electron chi connectivity index (χ4n) is 3.06. The van der Waals surface area contributed by atoms with Crippen LogP contribution in [0.4, 0.5) is 11.4 Å². The molecule has 1 fully saturated rings. The molecule has 8 heteroatoms. The molecule has 0 spiro atoms. The zero-order chi connectivity index (χ0) is 20.1. The first-order valence-electron chi connectivity index (χ1n) is 8.68. The van der Waals surface area contributed by atoms with Gasteiger partial charge in [0.25, 0.3) is 5.91 Å². The van der Waals surface area contributed by atoms with E-state index in [1.165, 1.54) is 18.2 Å². The van der Waals surface area contributed by atoms with Crippen molar-refractivity contribution in [1.29, 1.82) is 5.26 Å². The summed E-state index contributed by atoms with van der Waals surface area (Å²) in [5, 5.41) is 29.9. The number of phenolic OH excluding ortho intramolecular Hbond substituents is 1. The molecule has 1 saturated heterocycles. The molecule has 142 valence electrons. The normalized spacial score (nSPS) is 14.5. The van der Waals surface area contributed by atoms with Gasteiger partial charge in [0.1, 0.15) is 11.6 Å². The number of nitriles is 1. The zero-order valence-corrected chi connectivity index (χ0v) is 15.0. The predicted molar refractivity (Wildman–Crippen MR) is 104 cm³/mol. The Morgan fingerprint density at radius 1 is 1.14 bits per heavy atom.